The minimum Gasteiger partial charge on any atom is -0.458 e. The van der Waals surface area contributed by atoms with Gasteiger partial charge < -0.3 is 14.7 Å². The lowest BCUT2D eigenvalue weighted by atomic mass is 9.57. The molecule has 2 fully saturated rings. The van der Waals surface area contributed by atoms with E-state index in [0.717, 1.165) is 62.5 Å². The minimum absolute atomic E-state index is 0.0225. The Morgan fingerprint density at radius 3 is 2.56 bits per heavy atom. The molecule has 199 valence electrons. The quantitative estimate of drug-likeness (QED) is 0.393. The molecular weight excluding hydrogens is 467 g/mol. The average Bonchev–Trinajstić information content (AvgIpc) is 2.81. The van der Waals surface area contributed by atoms with Gasteiger partial charge in [0.05, 0.1) is 11.2 Å². The number of rotatable bonds is 5. The van der Waals surface area contributed by atoms with Gasteiger partial charge in [-0.25, -0.2) is 0 Å². The number of halogens is 3. The fourth-order valence-electron chi connectivity index (χ4n) is 6.71. The van der Waals surface area contributed by atoms with Crippen LogP contribution in [0.5, 0.6) is 0 Å². The molecular formula is C29H39F3NO3. The number of carbonyl (C=O) groups is 1. The predicted molar refractivity (Wildman–Crippen MR) is 133 cm³/mol. The Kier molecular flexibility index (Phi) is 7.92. The normalized spacial score (nSPS) is 32.9. The molecule has 2 aliphatic carbocycles. The molecule has 1 aromatic rings. The molecule has 6 atom stereocenters. The fourth-order valence-corrected chi connectivity index (χ4v) is 6.71. The number of alkyl halides is 3. The van der Waals surface area contributed by atoms with Gasteiger partial charge in [0, 0.05) is 25.8 Å². The fraction of sp³-hybridized carbons (Fsp3) is 0.655. The molecule has 0 aromatic heterocycles. The van der Waals surface area contributed by atoms with Crippen molar-refractivity contribution < 1.29 is 27.8 Å². The first-order valence-electron chi connectivity index (χ1n) is 13.2. The number of benzene rings is 1. The van der Waals surface area contributed by atoms with Crippen LogP contribution in [0.1, 0.15) is 70.4 Å². The molecule has 1 aliphatic heterocycles. The molecule has 0 spiro atoms. The average molecular weight is 507 g/mol. The second kappa shape index (κ2) is 10.5. The van der Waals surface area contributed by atoms with Gasteiger partial charge in [0.1, 0.15) is 6.10 Å². The van der Waals surface area contributed by atoms with Crippen LogP contribution in [0, 0.1) is 30.1 Å². The maximum Gasteiger partial charge on any atom is 0.416 e. The van der Waals surface area contributed by atoms with Gasteiger partial charge in [-0.15, -0.1) is 0 Å². The molecule has 1 saturated heterocycles. The molecule has 1 unspecified atom stereocenters. The number of fused-ring (bicyclic) bond motifs is 1. The van der Waals surface area contributed by atoms with Crippen molar-refractivity contribution in [2.24, 2.45) is 23.7 Å². The van der Waals surface area contributed by atoms with Crippen LogP contribution < -0.4 is 0 Å². The van der Waals surface area contributed by atoms with Crippen molar-refractivity contribution in [1.82, 2.24) is 4.90 Å². The summed E-state index contributed by atoms with van der Waals surface area (Å²) < 4.78 is 44.9. The highest BCUT2D eigenvalue weighted by molar-refractivity contribution is 5.66. The standard InChI is InChI=1S/C29H39F3NO3/c1-18-14-26-25(9-8-20(3)28(26,35)16-27(18)36-21(4)34)19(2)17-33-12-10-22(11-13-33)23-6-5-7-24(15-23)29(30,31)32/h5-7,14-16,19-20,22,25-27,35H,8-13,17H2,1-4H3/t19?,20-,25+,26-,27-,28-/m1/s1. The molecule has 1 heterocycles. The third kappa shape index (κ3) is 5.67. The Hall–Kier alpha value is -1.86. The topological polar surface area (TPSA) is 49.8 Å². The Labute approximate surface area is 212 Å². The van der Waals surface area contributed by atoms with Crippen LogP contribution in [0.25, 0.3) is 0 Å². The number of hydrogen-bond acceptors (Lipinski definition) is 4. The second-order valence-electron chi connectivity index (χ2n) is 11.3. The van der Waals surface area contributed by atoms with E-state index in [1.807, 2.05) is 19.4 Å². The Bertz CT molecular complexity index is 969. The molecule has 0 amide bonds. The maximum absolute atomic E-state index is 13.1. The zero-order valence-corrected chi connectivity index (χ0v) is 21.7. The minimum atomic E-state index is -4.31. The Morgan fingerprint density at radius 1 is 1.22 bits per heavy atom. The van der Waals surface area contributed by atoms with Gasteiger partial charge in [0.2, 0.25) is 0 Å². The van der Waals surface area contributed by atoms with Crippen LogP contribution in [-0.2, 0) is 15.7 Å². The highest BCUT2D eigenvalue weighted by atomic mass is 19.4. The third-order valence-electron chi connectivity index (χ3n) is 8.87. The number of carbonyl (C=O) groups excluding carboxylic acids is 1. The lowest BCUT2D eigenvalue weighted by Crippen LogP contribution is -2.56. The van der Waals surface area contributed by atoms with E-state index in [0.29, 0.717) is 11.8 Å². The van der Waals surface area contributed by atoms with E-state index in [4.69, 9.17) is 4.74 Å². The van der Waals surface area contributed by atoms with E-state index in [1.165, 1.54) is 19.1 Å². The van der Waals surface area contributed by atoms with Crippen molar-refractivity contribution in [2.75, 3.05) is 19.6 Å². The predicted octanol–water partition coefficient (Wildman–Crippen LogP) is 6.01. The zero-order valence-electron chi connectivity index (χ0n) is 21.7. The summed E-state index contributed by atoms with van der Waals surface area (Å²) in [4.78, 5) is 14.0. The van der Waals surface area contributed by atoms with Gasteiger partial charge in [-0.1, -0.05) is 38.1 Å². The third-order valence-corrected chi connectivity index (χ3v) is 8.87. The van der Waals surface area contributed by atoms with Crippen molar-refractivity contribution in [3.63, 3.8) is 0 Å². The van der Waals surface area contributed by atoms with Crippen LogP contribution in [-0.4, -0.2) is 47.3 Å². The molecule has 36 heavy (non-hydrogen) atoms. The number of ether oxygens (including phenoxy) is 1. The molecule has 1 aromatic carbocycles. The molecule has 3 aliphatic rings. The van der Waals surface area contributed by atoms with Crippen molar-refractivity contribution in [2.45, 2.75) is 77.2 Å². The van der Waals surface area contributed by atoms with Crippen LogP contribution in [0.3, 0.4) is 0 Å². The molecule has 1 radical (unpaired) electrons. The van der Waals surface area contributed by atoms with E-state index < -0.39 is 23.4 Å². The molecule has 4 rings (SSSR count). The molecule has 0 bridgehead atoms. The number of aliphatic hydroxyl groups is 1. The molecule has 1 N–H and O–H groups in total. The highest BCUT2D eigenvalue weighted by Gasteiger charge is 2.53. The number of esters is 1. The van der Waals surface area contributed by atoms with Gasteiger partial charge in [0.25, 0.3) is 0 Å². The monoisotopic (exact) mass is 506 g/mol. The van der Waals surface area contributed by atoms with Crippen LogP contribution in [0.4, 0.5) is 13.2 Å². The second-order valence-corrected chi connectivity index (χ2v) is 11.3. The number of hydrogen-bond donors (Lipinski definition) is 1. The first-order valence-corrected chi connectivity index (χ1v) is 13.2. The SMILES string of the molecule is CC(=O)O[C@@H]1[CH][C@@]2(O)[C@H](C)CC[C@@H](C(C)CN3CCC(c4cccc(C(F)(F)F)c4)CC3)[C@H]2C=C1C. The summed E-state index contributed by atoms with van der Waals surface area (Å²) in [5.41, 5.74) is 0.170. The smallest absolute Gasteiger partial charge is 0.416 e. The van der Waals surface area contributed by atoms with Gasteiger partial charge in [-0.3, -0.25) is 4.79 Å². The first kappa shape index (κ1) is 27.2. The van der Waals surface area contributed by atoms with E-state index in [2.05, 4.69) is 24.8 Å². The lowest BCUT2D eigenvalue weighted by Gasteiger charge is -2.53. The van der Waals surface area contributed by atoms with E-state index >= 15 is 0 Å². The molecule has 4 nitrogen and oxygen atoms in total. The summed E-state index contributed by atoms with van der Waals surface area (Å²) >= 11 is 0. The number of likely N-dealkylation sites (tertiary alicyclic amines) is 1. The van der Waals surface area contributed by atoms with Crippen molar-refractivity contribution in [3.8, 4) is 0 Å². The summed E-state index contributed by atoms with van der Waals surface area (Å²) in [6.07, 6.45) is 2.81. The van der Waals surface area contributed by atoms with Crippen LogP contribution in [0.2, 0.25) is 0 Å². The number of piperidine rings is 1. The van der Waals surface area contributed by atoms with Gasteiger partial charge in [-0.05, 0) is 86.6 Å². The van der Waals surface area contributed by atoms with Crippen LogP contribution in [0.15, 0.2) is 35.9 Å². The first-order chi connectivity index (χ1) is 16.9. The molecule has 7 heteroatoms. The summed E-state index contributed by atoms with van der Waals surface area (Å²) in [5.74, 6) is 0.505. The van der Waals surface area contributed by atoms with E-state index in [9.17, 15) is 23.1 Å². The molecule has 1 saturated carbocycles. The van der Waals surface area contributed by atoms with Gasteiger partial charge in [-0.2, -0.15) is 13.2 Å². The van der Waals surface area contributed by atoms with Gasteiger partial charge >= 0.3 is 12.1 Å². The summed E-state index contributed by atoms with van der Waals surface area (Å²) in [6.45, 7) is 10.3. The van der Waals surface area contributed by atoms with Crippen LogP contribution >= 0.6 is 0 Å². The summed E-state index contributed by atoms with van der Waals surface area (Å²) in [5, 5.41) is 11.7. The van der Waals surface area contributed by atoms with E-state index in [1.54, 1.807) is 0 Å². The van der Waals surface area contributed by atoms with Crippen molar-refractivity contribution in [3.05, 3.63) is 53.5 Å². The zero-order chi connectivity index (χ0) is 26.3. The van der Waals surface area contributed by atoms with Gasteiger partial charge in [0.15, 0.2) is 0 Å². The van der Waals surface area contributed by atoms with E-state index in [-0.39, 0.29) is 23.7 Å². The Balaban J connectivity index is 1.39. The highest BCUT2D eigenvalue weighted by Crippen LogP contribution is 2.51. The van der Waals surface area contributed by atoms with Crippen molar-refractivity contribution >= 4 is 5.97 Å². The summed E-state index contributed by atoms with van der Waals surface area (Å²) in [6, 6.07) is 5.78. The summed E-state index contributed by atoms with van der Waals surface area (Å²) in [7, 11) is 0. The lowest BCUT2D eigenvalue weighted by molar-refractivity contribution is -0.148. The largest absolute Gasteiger partial charge is 0.458 e. The maximum atomic E-state index is 13.1. The Morgan fingerprint density at radius 2 is 1.92 bits per heavy atom. The van der Waals surface area contributed by atoms with Crippen molar-refractivity contribution in [1.29, 1.82) is 0 Å². The number of nitrogens with zero attached hydrogens (tertiary/aromatic N) is 1.